The van der Waals surface area contributed by atoms with E-state index in [-0.39, 0.29) is 10.8 Å². The first-order valence-corrected chi connectivity index (χ1v) is 7.08. The molecule has 3 heteroatoms. The maximum atomic E-state index is 13.8. The van der Waals surface area contributed by atoms with E-state index < -0.39 is 0 Å². The third-order valence-corrected chi connectivity index (χ3v) is 3.34. The normalized spacial score (nSPS) is 13.0. The van der Waals surface area contributed by atoms with Crippen LogP contribution in [-0.4, -0.2) is 12.6 Å². The number of rotatable bonds is 7. The Bertz CT molecular complexity index is 366. The minimum Gasteiger partial charge on any atom is -0.314 e. The Morgan fingerprint density at radius 1 is 1.33 bits per heavy atom. The van der Waals surface area contributed by atoms with Crippen molar-refractivity contribution in [1.29, 1.82) is 0 Å². The van der Waals surface area contributed by atoms with Crippen LogP contribution in [0.5, 0.6) is 0 Å². The second-order valence-electron chi connectivity index (χ2n) is 5.13. The standard InChI is InChI=1S/C15H23ClFN/c1-4-6-12(10-18-11(2)3)9-13-7-5-8-14(16)15(13)17/h5,7-8,11-12,18H,4,6,9-10H2,1-3H3. The monoisotopic (exact) mass is 271 g/mol. The van der Waals surface area contributed by atoms with E-state index in [1.807, 2.05) is 12.1 Å². The summed E-state index contributed by atoms with van der Waals surface area (Å²) in [5.41, 5.74) is 0.728. The molecule has 1 atom stereocenters. The van der Waals surface area contributed by atoms with Crippen molar-refractivity contribution in [2.24, 2.45) is 5.92 Å². The molecule has 0 aliphatic heterocycles. The molecule has 0 saturated heterocycles. The highest BCUT2D eigenvalue weighted by molar-refractivity contribution is 6.30. The van der Waals surface area contributed by atoms with Gasteiger partial charge in [-0.05, 0) is 36.9 Å². The SMILES string of the molecule is CCCC(CNC(C)C)Cc1cccc(Cl)c1F. The van der Waals surface area contributed by atoms with Gasteiger partial charge in [-0.2, -0.15) is 0 Å². The third-order valence-electron chi connectivity index (χ3n) is 3.05. The van der Waals surface area contributed by atoms with E-state index in [4.69, 9.17) is 11.6 Å². The number of hydrogen-bond donors (Lipinski definition) is 1. The Hall–Kier alpha value is -0.600. The highest BCUT2D eigenvalue weighted by atomic mass is 35.5. The van der Waals surface area contributed by atoms with Gasteiger partial charge in [-0.15, -0.1) is 0 Å². The lowest BCUT2D eigenvalue weighted by molar-refractivity contribution is 0.413. The van der Waals surface area contributed by atoms with Gasteiger partial charge in [-0.1, -0.05) is 50.9 Å². The number of nitrogens with one attached hydrogen (secondary N) is 1. The molecule has 18 heavy (non-hydrogen) atoms. The quantitative estimate of drug-likeness (QED) is 0.773. The van der Waals surface area contributed by atoms with Crippen molar-refractivity contribution in [3.8, 4) is 0 Å². The summed E-state index contributed by atoms with van der Waals surface area (Å²) in [4.78, 5) is 0. The summed E-state index contributed by atoms with van der Waals surface area (Å²) in [5.74, 6) is 0.204. The average molecular weight is 272 g/mol. The van der Waals surface area contributed by atoms with Crippen LogP contribution < -0.4 is 5.32 Å². The summed E-state index contributed by atoms with van der Waals surface area (Å²) in [5, 5.41) is 3.65. The average Bonchev–Trinajstić information content (AvgIpc) is 2.32. The lowest BCUT2D eigenvalue weighted by Crippen LogP contribution is -2.30. The molecule has 1 aromatic rings. The van der Waals surface area contributed by atoms with Crippen molar-refractivity contribution >= 4 is 11.6 Å². The van der Waals surface area contributed by atoms with Crippen molar-refractivity contribution in [2.45, 2.75) is 46.1 Å². The van der Waals surface area contributed by atoms with E-state index in [1.54, 1.807) is 6.07 Å². The molecule has 102 valence electrons. The molecular weight excluding hydrogens is 249 g/mol. The van der Waals surface area contributed by atoms with Crippen LogP contribution in [0.1, 0.15) is 39.2 Å². The second kappa shape index (κ2) is 7.75. The molecule has 0 aromatic heterocycles. The Morgan fingerprint density at radius 2 is 2.06 bits per heavy atom. The molecule has 0 radical (unpaired) electrons. The first-order chi connectivity index (χ1) is 8.54. The topological polar surface area (TPSA) is 12.0 Å². The van der Waals surface area contributed by atoms with Gasteiger partial charge in [0.15, 0.2) is 0 Å². The van der Waals surface area contributed by atoms with Gasteiger partial charge >= 0.3 is 0 Å². The maximum Gasteiger partial charge on any atom is 0.144 e. The number of hydrogen-bond acceptors (Lipinski definition) is 1. The first-order valence-electron chi connectivity index (χ1n) is 6.70. The number of benzene rings is 1. The molecule has 1 rings (SSSR count). The lowest BCUT2D eigenvalue weighted by atomic mass is 9.94. The minimum atomic E-state index is -0.259. The van der Waals surface area contributed by atoms with Crippen molar-refractivity contribution in [2.75, 3.05) is 6.54 Å². The Balaban J connectivity index is 2.67. The fraction of sp³-hybridized carbons (Fsp3) is 0.600. The van der Waals surface area contributed by atoms with Gasteiger partial charge in [0, 0.05) is 6.04 Å². The molecule has 0 saturated carbocycles. The predicted molar refractivity (Wildman–Crippen MR) is 76.7 cm³/mol. The Kier molecular flexibility index (Phi) is 6.66. The molecule has 0 amide bonds. The predicted octanol–water partition coefficient (Wildman–Crippen LogP) is 4.44. The van der Waals surface area contributed by atoms with Gasteiger partial charge in [0.2, 0.25) is 0 Å². The minimum absolute atomic E-state index is 0.222. The van der Waals surface area contributed by atoms with Gasteiger partial charge in [-0.25, -0.2) is 4.39 Å². The van der Waals surface area contributed by atoms with Gasteiger partial charge < -0.3 is 5.32 Å². The van der Waals surface area contributed by atoms with Gasteiger partial charge in [0.1, 0.15) is 5.82 Å². The van der Waals surface area contributed by atoms with E-state index in [0.717, 1.165) is 31.4 Å². The van der Waals surface area contributed by atoms with Crippen LogP contribution in [0.25, 0.3) is 0 Å². The summed E-state index contributed by atoms with van der Waals surface area (Å²) < 4.78 is 13.8. The highest BCUT2D eigenvalue weighted by Crippen LogP contribution is 2.22. The zero-order valence-corrected chi connectivity index (χ0v) is 12.2. The van der Waals surface area contributed by atoms with Gasteiger partial charge in [-0.3, -0.25) is 0 Å². The molecule has 1 nitrogen and oxygen atoms in total. The van der Waals surface area contributed by atoms with Crippen molar-refractivity contribution < 1.29 is 4.39 Å². The zero-order valence-electron chi connectivity index (χ0n) is 11.5. The molecule has 0 bridgehead atoms. The smallest absolute Gasteiger partial charge is 0.144 e. The first kappa shape index (κ1) is 15.5. The second-order valence-corrected chi connectivity index (χ2v) is 5.54. The fourth-order valence-electron chi connectivity index (χ4n) is 2.10. The molecule has 0 aliphatic rings. The zero-order chi connectivity index (χ0) is 13.5. The molecule has 0 heterocycles. The summed E-state index contributed by atoms with van der Waals surface area (Å²) in [6, 6.07) is 5.72. The highest BCUT2D eigenvalue weighted by Gasteiger charge is 2.13. The van der Waals surface area contributed by atoms with Gasteiger partial charge in [0.05, 0.1) is 5.02 Å². The van der Waals surface area contributed by atoms with E-state index in [0.29, 0.717) is 12.0 Å². The van der Waals surface area contributed by atoms with E-state index in [2.05, 4.69) is 26.1 Å². The van der Waals surface area contributed by atoms with E-state index in [1.165, 1.54) is 0 Å². The van der Waals surface area contributed by atoms with E-state index in [9.17, 15) is 4.39 Å². The van der Waals surface area contributed by atoms with Crippen molar-refractivity contribution in [3.05, 3.63) is 34.6 Å². The van der Waals surface area contributed by atoms with Crippen LogP contribution in [0.3, 0.4) is 0 Å². The number of halogens is 2. The van der Waals surface area contributed by atoms with Crippen LogP contribution in [0.15, 0.2) is 18.2 Å². The van der Waals surface area contributed by atoms with Crippen LogP contribution >= 0.6 is 11.6 Å². The summed E-state index contributed by atoms with van der Waals surface area (Å²) in [6.07, 6.45) is 2.97. The molecule has 1 unspecified atom stereocenters. The molecule has 1 aromatic carbocycles. The Labute approximate surface area is 115 Å². The summed E-state index contributed by atoms with van der Waals surface area (Å²) in [6.45, 7) is 7.35. The van der Waals surface area contributed by atoms with Crippen LogP contribution in [0.2, 0.25) is 5.02 Å². The molecule has 0 aliphatic carbocycles. The van der Waals surface area contributed by atoms with Crippen LogP contribution in [0.4, 0.5) is 4.39 Å². The third kappa shape index (κ3) is 4.95. The molecular formula is C15H23ClFN. The summed E-state index contributed by atoms with van der Waals surface area (Å²) in [7, 11) is 0. The van der Waals surface area contributed by atoms with Crippen LogP contribution in [0, 0.1) is 11.7 Å². The van der Waals surface area contributed by atoms with Crippen molar-refractivity contribution in [1.82, 2.24) is 5.32 Å². The summed E-state index contributed by atoms with van der Waals surface area (Å²) >= 11 is 5.81. The van der Waals surface area contributed by atoms with E-state index >= 15 is 0 Å². The molecule has 1 N–H and O–H groups in total. The Morgan fingerprint density at radius 3 is 2.67 bits per heavy atom. The molecule has 0 fully saturated rings. The fourth-order valence-corrected chi connectivity index (χ4v) is 2.30. The lowest BCUT2D eigenvalue weighted by Gasteiger charge is -2.19. The van der Waals surface area contributed by atoms with Crippen LogP contribution in [-0.2, 0) is 6.42 Å². The maximum absolute atomic E-state index is 13.8. The van der Waals surface area contributed by atoms with Crippen molar-refractivity contribution in [3.63, 3.8) is 0 Å². The largest absolute Gasteiger partial charge is 0.314 e. The van der Waals surface area contributed by atoms with Gasteiger partial charge in [0.25, 0.3) is 0 Å². The molecule has 0 spiro atoms.